The summed E-state index contributed by atoms with van der Waals surface area (Å²) in [5, 5.41) is 17.0. The topological polar surface area (TPSA) is 74.6 Å². The normalized spacial score (nSPS) is 11.0. The van der Waals surface area contributed by atoms with Gasteiger partial charge in [-0.25, -0.2) is 0 Å². The van der Waals surface area contributed by atoms with Crippen LogP contribution < -0.4 is 0 Å². The van der Waals surface area contributed by atoms with E-state index in [1.54, 1.807) is 0 Å². The van der Waals surface area contributed by atoms with Crippen LogP contribution in [-0.2, 0) is 9.59 Å². The number of aliphatic carboxylic acids is 2. The van der Waals surface area contributed by atoms with Crippen LogP contribution in [0, 0.1) is 0 Å². The van der Waals surface area contributed by atoms with Crippen molar-refractivity contribution in [2.75, 3.05) is 0 Å². The van der Waals surface area contributed by atoms with E-state index in [-0.39, 0.29) is 0 Å². The van der Waals surface area contributed by atoms with Crippen LogP contribution >= 0.6 is 0 Å². The number of hydrogen-bond donors (Lipinski definition) is 2. The van der Waals surface area contributed by atoms with E-state index >= 15 is 0 Å². The zero-order valence-corrected chi connectivity index (χ0v) is 13.1. The average Bonchev–Trinajstić information content (AvgIpc) is 2.42. The number of unbranched alkanes of at least 4 members (excludes halogenated alkanes) is 9. The first-order valence-electron chi connectivity index (χ1n) is 8.21. The Morgan fingerprint density at radius 3 is 1.29 bits per heavy atom. The maximum Gasteiger partial charge on any atom is 0.303 e. The maximum absolute atomic E-state index is 10.3. The summed E-state index contributed by atoms with van der Waals surface area (Å²) in [6, 6.07) is 0. The van der Waals surface area contributed by atoms with Crippen LogP contribution in [0.3, 0.4) is 0 Å². The van der Waals surface area contributed by atoms with Crippen LogP contribution in [0.25, 0.3) is 0 Å². The highest BCUT2D eigenvalue weighted by Crippen LogP contribution is 2.09. The first-order chi connectivity index (χ1) is 10.1. The van der Waals surface area contributed by atoms with Crippen molar-refractivity contribution in [3.8, 4) is 0 Å². The molecule has 0 bridgehead atoms. The highest BCUT2D eigenvalue weighted by Gasteiger charge is 1.96. The lowest BCUT2D eigenvalue weighted by Crippen LogP contribution is -1.93. The highest BCUT2D eigenvalue weighted by molar-refractivity contribution is 5.66. The number of hydrogen-bond acceptors (Lipinski definition) is 2. The van der Waals surface area contributed by atoms with Crippen molar-refractivity contribution >= 4 is 11.9 Å². The molecule has 4 nitrogen and oxygen atoms in total. The van der Waals surface area contributed by atoms with Crippen molar-refractivity contribution in [2.45, 2.75) is 83.5 Å². The lowest BCUT2D eigenvalue weighted by molar-refractivity contribution is -0.138. The second kappa shape index (κ2) is 15.1. The molecule has 0 aromatic heterocycles. The molecule has 0 amide bonds. The molecule has 0 aliphatic heterocycles. The van der Waals surface area contributed by atoms with Crippen molar-refractivity contribution in [2.24, 2.45) is 0 Å². The van der Waals surface area contributed by atoms with Gasteiger partial charge in [0.05, 0.1) is 0 Å². The average molecular weight is 298 g/mol. The summed E-state index contributed by atoms with van der Waals surface area (Å²) >= 11 is 0. The Bertz CT molecular complexity index is 297. The van der Waals surface area contributed by atoms with E-state index in [0.717, 1.165) is 57.8 Å². The molecule has 0 atom stereocenters. The number of carboxylic acids is 2. The van der Waals surface area contributed by atoms with E-state index in [4.69, 9.17) is 10.2 Å². The van der Waals surface area contributed by atoms with Crippen molar-refractivity contribution in [1.29, 1.82) is 0 Å². The third-order valence-electron chi connectivity index (χ3n) is 3.44. The fourth-order valence-electron chi connectivity index (χ4n) is 2.20. The SMILES string of the molecule is O=C(O)CCCCCCC=CCCCCCCCC(=O)O. The van der Waals surface area contributed by atoms with Gasteiger partial charge >= 0.3 is 11.9 Å². The molecule has 0 saturated heterocycles. The molecule has 0 aromatic rings. The summed E-state index contributed by atoms with van der Waals surface area (Å²) < 4.78 is 0. The first kappa shape index (κ1) is 19.7. The van der Waals surface area contributed by atoms with Crippen LogP contribution in [0.15, 0.2) is 12.2 Å². The maximum atomic E-state index is 10.3. The smallest absolute Gasteiger partial charge is 0.303 e. The molecule has 0 heterocycles. The summed E-state index contributed by atoms with van der Waals surface area (Å²) in [5.74, 6) is -1.39. The van der Waals surface area contributed by atoms with Crippen LogP contribution in [0.1, 0.15) is 83.5 Å². The number of allylic oxidation sites excluding steroid dienone is 2. The molecular formula is C17H30O4. The molecule has 0 aliphatic carbocycles. The van der Waals surface area contributed by atoms with Gasteiger partial charge in [0.1, 0.15) is 0 Å². The van der Waals surface area contributed by atoms with Crippen LogP contribution in [0.4, 0.5) is 0 Å². The van der Waals surface area contributed by atoms with Gasteiger partial charge in [0, 0.05) is 12.8 Å². The standard InChI is InChI=1S/C17H30O4/c18-16(19)14-12-10-8-6-4-2-1-3-5-7-9-11-13-15-17(20)21/h1-2H,3-15H2,(H,18,19)(H,20,21). The van der Waals surface area contributed by atoms with Gasteiger partial charge < -0.3 is 10.2 Å². The third-order valence-corrected chi connectivity index (χ3v) is 3.44. The van der Waals surface area contributed by atoms with E-state index in [9.17, 15) is 9.59 Å². The summed E-state index contributed by atoms with van der Waals surface area (Å²) in [5.41, 5.74) is 0. The van der Waals surface area contributed by atoms with Crippen molar-refractivity contribution < 1.29 is 19.8 Å². The van der Waals surface area contributed by atoms with E-state index in [1.807, 2.05) is 0 Å². The quantitative estimate of drug-likeness (QED) is 0.337. The van der Waals surface area contributed by atoms with Crippen LogP contribution in [-0.4, -0.2) is 22.2 Å². The van der Waals surface area contributed by atoms with Gasteiger partial charge in [0.15, 0.2) is 0 Å². The molecule has 4 heteroatoms. The van der Waals surface area contributed by atoms with Gasteiger partial charge in [0.25, 0.3) is 0 Å². The van der Waals surface area contributed by atoms with Gasteiger partial charge in [-0.15, -0.1) is 0 Å². The fourth-order valence-corrected chi connectivity index (χ4v) is 2.20. The molecule has 0 spiro atoms. The number of carbonyl (C=O) groups is 2. The predicted octanol–water partition coefficient (Wildman–Crippen LogP) is 4.78. The van der Waals surface area contributed by atoms with E-state index in [0.29, 0.717) is 12.8 Å². The molecule has 0 fully saturated rings. The minimum Gasteiger partial charge on any atom is -0.481 e. The first-order valence-corrected chi connectivity index (χ1v) is 8.21. The van der Waals surface area contributed by atoms with E-state index < -0.39 is 11.9 Å². The summed E-state index contributed by atoms with van der Waals surface area (Å²) in [7, 11) is 0. The molecule has 21 heavy (non-hydrogen) atoms. The number of carboxylic acid groups (broad SMARTS) is 2. The molecule has 0 saturated carbocycles. The second-order valence-corrected chi connectivity index (χ2v) is 5.52. The molecule has 0 aromatic carbocycles. The molecule has 0 rings (SSSR count). The summed E-state index contributed by atoms with van der Waals surface area (Å²) in [6.07, 6.45) is 16.6. The lowest BCUT2D eigenvalue weighted by Gasteiger charge is -1.99. The summed E-state index contributed by atoms with van der Waals surface area (Å²) in [6.45, 7) is 0. The van der Waals surface area contributed by atoms with Crippen LogP contribution in [0.5, 0.6) is 0 Å². The third kappa shape index (κ3) is 18.7. The molecule has 0 aliphatic rings. The van der Waals surface area contributed by atoms with Gasteiger partial charge in [0.2, 0.25) is 0 Å². The highest BCUT2D eigenvalue weighted by atomic mass is 16.4. The Labute approximate surface area is 128 Å². The molecule has 0 radical (unpaired) electrons. The van der Waals surface area contributed by atoms with Gasteiger partial charge in [-0.1, -0.05) is 44.3 Å². The fraction of sp³-hybridized carbons (Fsp3) is 0.765. The Morgan fingerprint density at radius 1 is 0.571 bits per heavy atom. The Kier molecular flexibility index (Phi) is 14.1. The van der Waals surface area contributed by atoms with Gasteiger partial charge in [-0.05, 0) is 38.5 Å². The monoisotopic (exact) mass is 298 g/mol. The van der Waals surface area contributed by atoms with E-state index in [2.05, 4.69) is 12.2 Å². The zero-order valence-electron chi connectivity index (χ0n) is 13.1. The largest absolute Gasteiger partial charge is 0.481 e. The molecule has 2 N–H and O–H groups in total. The number of rotatable bonds is 15. The lowest BCUT2D eigenvalue weighted by atomic mass is 10.1. The van der Waals surface area contributed by atoms with Crippen LogP contribution in [0.2, 0.25) is 0 Å². The molecular weight excluding hydrogens is 268 g/mol. The Morgan fingerprint density at radius 2 is 0.905 bits per heavy atom. The van der Waals surface area contributed by atoms with Crippen molar-refractivity contribution in [1.82, 2.24) is 0 Å². The predicted molar refractivity (Wildman–Crippen MR) is 84.4 cm³/mol. The van der Waals surface area contributed by atoms with Crippen molar-refractivity contribution in [3.05, 3.63) is 12.2 Å². The molecule has 0 unspecified atom stereocenters. The Balaban J connectivity index is 3.12. The Hall–Kier alpha value is -1.32. The zero-order chi connectivity index (χ0) is 15.8. The van der Waals surface area contributed by atoms with Gasteiger partial charge in [-0.2, -0.15) is 0 Å². The minimum absolute atomic E-state index is 0.294. The van der Waals surface area contributed by atoms with Gasteiger partial charge in [-0.3, -0.25) is 9.59 Å². The van der Waals surface area contributed by atoms with Crippen molar-refractivity contribution in [3.63, 3.8) is 0 Å². The second-order valence-electron chi connectivity index (χ2n) is 5.52. The molecule has 122 valence electrons. The summed E-state index contributed by atoms with van der Waals surface area (Å²) in [4.78, 5) is 20.6. The minimum atomic E-state index is -0.696. The van der Waals surface area contributed by atoms with E-state index in [1.165, 1.54) is 12.8 Å².